The van der Waals surface area contributed by atoms with Crippen LogP contribution in [0.1, 0.15) is 45.6 Å². The Morgan fingerprint density at radius 3 is 2.00 bits per heavy atom. The van der Waals surface area contributed by atoms with Crippen molar-refractivity contribution in [2.45, 2.75) is 56.1 Å². The van der Waals surface area contributed by atoms with Crippen LogP contribution in [-0.4, -0.2) is 30.6 Å². The van der Waals surface area contributed by atoms with E-state index in [1.54, 1.807) is 0 Å². The highest BCUT2D eigenvalue weighted by molar-refractivity contribution is 7.99. The average molecular weight is 745 g/mol. The van der Waals surface area contributed by atoms with Crippen LogP contribution in [0.3, 0.4) is 0 Å². The van der Waals surface area contributed by atoms with Crippen LogP contribution in [0.2, 0.25) is 10.1 Å². The molecule has 5 aromatic rings. The van der Waals surface area contributed by atoms with Crippen molar-refractivity contribution in [2.75, 3.05) is 12.4 Å². The summed E-state index contributed by atoms with van der Waals surface area (Å²) in [5, 5.41) is 0.819. The summed E-state index contributed by atoms with van der Waals surface area (Å²) in [4.78, 5) is 29.7. The zero-order valence-electron chi connectivity index (χ0n) is 27.4. The van der Waals surface area contributed by atoms with Crippen molar-refractivity contribution >= 4 is 53.0 Å². The molecule has 0 unspecified atom stereocenters. The normalized spacial score (nSPS) is 14.9. The van der Waals surface area contributed by atoms with Crippen molar-refractivity contribution in [2.24, 2.45) is 5.41 Å². The van der Waals surface area contributed by atoms with Gasteiger partial charge in [-0.25, -0.2) is 13.6 Å². The van der Waals surface area contributed by atoms with Gasteiger partial charge >= 0.3 is 11.9 Å². The van der Waals surface area contributed by atoms with Gasteiger partial charge in [0.2, 0.25) is 0 Å². The quantitative estimate of drug-likeness (QED) is 0.0686. The van der Waals surface area contributed by atoms with Crippen molar-refractivity contribution in [1.29, 1.82) is 0 Å². The third-order valence-electron chi connectivity index (χ3n) is 9.52. The second-order valence-electron chi connectivity index (χ2n) is 13.8. The molecule has 1 saturated carbocycles. The van der Waals surface area contributed by atoms with E-state index in [1.165, 1.54) is 0 Å². The second kappa shape index (κ2) is 13.4. The average Bonchev–Trinajstić information content (AvgIpc) is 3.03. The molecule has 13 heteroatoms. The first-order chi connectivity index (χ1) is 23.6. The van der Waals surface area contributed by atoms with Gasteiger partial charge < -0.3 is 9.41 Å². The molecule has 0 bridgehead atoms. The summed E-state index contributed by atoms with van der Waals surface area (Å²) in [5.41, 5.74) is -5.24. The van der Waals surface area contributed by atoms with Crippen molar-refractivity contribution in [3.05, 3.63) is 122 Å². The largest absolute Gasteiger partial charge is 0.417 e. The zero-order chi connectivity index (χ0) is 36.1. The van der Waals surface area contributed by atoms with Gasteiger partial charge in [0, 0.05) is 39.9 Å². The molecule has 0 aliphatic heterocycles. The molecule has 0 atom stereocenters. The van der Waals surface area contributed by atoms with Gasteiger partial charge in [0.1, 0.15) is 11.6 Å². The van der Waals surface area contributed by atoms with E-state index in [4.69, 9.17) is 16.0 Å². The van der Waals surface area contributed by atoms with E-state index in [9.17, 15) is 27.2 Å². The molecule has 262 valence electrons. The highest BCUT2D eigenvalue weighted by Crippen LogP contribution is 2.51. The van der Waals surface area contributed by atoms with Gasteiger partial charge in [-0.2, -0.15) is 13.2 Å². The van der Waals surface area contributed by atoms with E-state index in [2.05, 4.69) is 50.0 Å². The van der Waals surface area contributed by atoms with Crippen LogP contribution >= 0.6 is 23.4 Å². The summed E-state index contributed by atoms with van der Waals surface area (Å²) in [5.74, 6) is -2.20. The Labute approximate surface area is 295 Å². The third kappa shape index (κ3) is 6.58. The Bertz CT molecular complexity index is 2130. The molecule has 5 nitrogen and oxygen atoms in total. The summed E-state index contributed by atoms with van der Waals surface area (Å²) in [7, 11) is -2.98. The van der Waals surface area contributed by atoms with Crippen LogP contribution < -0.4 is 21.6 Å². The van der Waals surface area contributed by atoms with Crippen molar-refractivity contribution in [3.63, 3.8) is 0 Å². The molecule has 2 N–H and O–H groups in total. The number of alkyl halides is 3. The molecule has 1 fully saturated rings. The van der Waals surface area contributed by atoms with Gasteiger partial charge in [0.25, 0.3) is 13.9 Å². The van der Waals surface area contributed by atoms with Crippen LogP contribution in [0.5, 0.6) is 0 Å². The van der Waals surface area contributed by atoms with E-state index in [-0.39, 0.29) is 27.8 Å². The van der Waals surface area contributed by atoms with Crippen molar-refractivity contribution in [1.82, 2.24) is 9.97 Å². The van der Waals surface area contributed by atoms with Gasteiger partial charge in [-0.1, -0.05) is 99.5 Å². The Morgan fingerprint density at radius 2 is 1.48 bits per heavy atom. The van der Waals surface area contributed by atoms with E-state index in [0.29, 0.717) is 25.0 Å². The SMILES string of the molecule is CC(C)(C)[Si](OCC1(CSc2c(-c3cc(Cl)c(F)cc3F)c(C(F)(F)F)cc3c(=O)[nH]c(=O)[nH]c23)CCC1)(c1ccccc1)c1ccccc1. The minimum Gasteiger partial charge on any atom is -0.407 e. The molecular formula is C37H34ClF5N2O3SSi. The van der Waals surface area contributed by atoms with Crippen LogP contribution in [0.4, 0.5) is 22.0 Å². The Kier molecular flexibility index (Phi) is 9.70. The molecule has 1 heterocycles. The summed E-state index contributed by atoms with van der Waals surface area (Å²) in [6, 6.07) is 21.9. The lowest BCUT2D eigenvalue weighted by Crippen LogP contribution is -2.67. The maximum absolute atomic E-state index is 15.4. The molecule has 50 heavy (non-hydrogen) atoms. The van der Waals surface area contributed by atoms with Gasteiger partial charge in [-0.15, -0.1) is 11.8 Å². The predicted molar refractivity (Wildman–Crippen MR) is 191 cm³/mol. The highest BCUT2D eigenvalue weighted by Gasteiger charge is 2.52. The second-order valence-corrected chi connectivity index (χ2v) is 19.5. The minimum absolute atomic E-state index is 0.170. The fourth-order valence-corrected chi connectivity index (χ4v) is 13.2. The Balaban J connectivity index is 1.48. The van der Waals surface area contributed by atoms with Gasteiger partial charge in [0.05, 0.1) is 21.5 Å². The molecule has 6 rings (SSSR count). The first kappa shape index (κ1) is 36.1. The fourth-order valence-electron chi connectivity index (χ4n) is 6.88. The molecular weight excluding hydrogens is 711 g/mol. The molecule has 0 amide bonds. The number of hydrogen-bond acceptors (Lipinski definition) is 4. The number of rotatable bonds is 9. The molecule has 1 aromatic heterocycles. The number of H-pyrrole nitrogens is 2. The number of halogens is 6. The van der Waals surface area contributed by atoms with E-state index in [0.717, 1.165) is 34.6 Å². The number of fused-ring (bicyclic) bond motifs is 1. The lowest BCUT2D eigenvalue weighted by Gasteiger charge is -2.48. The smallest absolute Gasteiger partial charge is 0.407 e. The van der Waals surface area contributed by atoms with E-state index in [1.807, 2.05) is 41.4 Å². The van der Waals surface area contributed by atoms with Gasteiger partial charge in [0.15, 0.2) is 0 Å². The standard InChI is InChI=1S/C37H34ClF5N2O3SSi/c1-35(2,3)50(22-11-6-4-7-12-22,23-13-8-5-9-14-23)48-20-36(15-10-16-36)21-49-32-30(24-18-27(38)29(40)19-28(24)39)26(37(41,42)43)17-25-31(32)44-34(47)45-33(25)46/h4-9,11-14,17-19H,10,15-16,20-21H2,1-3H3,(H2,44,45,46,47). The highest BCUT2D eigenvalue weighted by atomic mass is 35.5. The molecule has 0 saturated heterocycles. The lowest BCUT2D eigenvalue weighted by atomic mass is 9.71. The maximum Gasteiger partial charge on any atom is 0.417 e. The van der Waals surface area contributed by atoms with Crippen LogP contribution in [0.25, 0.3) is 22.0 Å². The van der Waals surface area contributed by atoms with Gasteiger partial charge in [-0.3, -0.25) is 9.78 Å². The number of aromatic amines is 2. The van der Waals surface area contributed by atoms with Crippen molar-refractivity contribution < 1.29 is 26.4 Å². The van der Waals surface area contributed by atoms with Crippen LogP contribution in [0, 0.1) is 17.0 Å². The number of benzene rings is 4. The van der Waals surface area contributed by atoms with E-state index < -0.39 is 69.9 Å². The topological polar surface area (TPSA) is 75.0 Å². The third-order valence-corrected chi connectivity index (χ3v) is 16.3. The molecule has 1 aliphatic carbocycles. The number of hydrogen-bond donors (Lipinski definition) is 2. The molecule has 1 aliphatic rings. The first-order valence-corrected chi connectivity index (χ1v) is 19.3. The monoisotopic (exact) mass is 744 g/mol. The summed E-state index contributed by atoms with van der Waals surface area (Å²) < 4.78 is 81.2. The summed E-state index contributed by atoms with van der Waals surface area (Å²) in [6.45, 7) is 6.74. The summed E-state index contributed by atoms with van der Waals surface area (Å²) >= 11 is 6.95. The predicted octanol–water partition coefficient (Wildman–Crippen LogP) is 8.67. The lowest BCUT2D eigenvalue weighted by molar-refractivity contribution is -0.137. The van der Waals surface area contributed by atoms with E-state index >= 15 is 4.39 Å². The van der Waals surface area contributed by atoms with Crippen LogP contribution in [0.15, 0.2) is 93.3 Å². The maximum atomic E-state index is 15.4. The molecule has 0 spiro atoms. The number of nitrogens with one attached hydrogen (secondary N) is 2. The Morgan fingerprint density at radius 1 is 0.880 bits per heavy atom. The first-order valence-electron chi connectivity index (χ1n) is 16.0. The van der Waals surface area contributed by atoms with Gasteiger partial charge in [-0.05, 0) is 40.4 Å². The zero-order valence-corrected chi connectivity index (χ0v) is 30.0. The van der Waals surface area contributed by atoms with Crippen molar-refractivity contribution in [3.8, 4) is 11.1 Å². The van der Waals surface area contributed by atoms with Crippen LogP contribution in [-0.2, 0) is 10.6 Å². The Hall–Kier alpha value is -3.71. The number of aromatic nitrogens is 2. The minimum atomic E-state index is -5.06. The molecule has 0 radical (unpaired) electrons. The number of thioether (sulfide) groups is 1. The molecule has 4 aromatic carbocycles. The fraction of sp³-hybridized carbons (Fsp3) is 0.297. The summed E-state index contributed by atoms with van der Waals surface area (Å²) in [6.07, 6.45) is -2.79.